The minimum Gasteiger partial charge on any atom is -0.308 e. The van der Waals surface area contributed by atoms with Crippen LogP contribution in [0, 0.1) is 0 Å². The van der Waals surface area contributed by atoms with Crippen LogP contribution in [0.2, 0.25) is 0 Å². The first kappa shape index (κ1) is 17.3. The third-order valence-corrected chi connectivity index (χ3v) is 3.98. The summed E-state index contributed by atoms with van der Waals surface area (Å²) in [6, 6.07) is 8.06. The van der Waals surface area contributed by atoms with E-state index in [0.29, 0.717) is 12.5 Å². The van der Waals surface area contributed by atoms with Gasteiger partial charge in [-0.2, -0.15) is 0 Å². The van der Waals surface area contributed by atoms with Crippen molar-refractivity contribution in [1.29, 1.82) is 0 Å². The molecule has 0 radical (unpaired) electrons. The molecule has 0 spiro atoms. The second kappa shape index (κ2) is 8.55. The standard InChI is InChI=1S/C16H25BrN2O/c1-5-19(13(2)12-18(3)4)11-10-16(20)14-6-8-15(17)9-7-14/h6-9,13H,5,10-12H2,1-4H3. The Labute approximate surface area is 131 Å². The van der Waals surface area contributed by atoms with Crippen molar-refractivity contribution in [3.05, 3.63) is 34.3 Å². The van der Waals surface area contributed by atoms with Gasteiger partial charge in [0.2, 0.25) is 0 Å². The van der Waals surface area contributed by atoms with Gasteiger partial charge in [-0.1, -0.05) is 35.0 Å². The zero-order chi connectivity index (χ0) is 15.1. The van der Waals surface area contributed by atoms with Crippen molar-refractivity contribution >= 4 is 21.7 Å². The number of carbonyl (C=O) groups excluding carboxylic acids is 1. The monoisotopic (exact) mass is 340 g/mol. The van der Waals surface area contributed by atoms with Crippen molar-refractivity contribution in [2.75, 3.05) is 33.7 Å². The minimum atomic E-state index is 0.216. The largest absolute Gasteiger partial charge is 0.308 e. The Morgan fingerprint density at radius 3 is 2.35 bits per heavy atom. The molecule has 0 aliphatic heterocycles. The fourth-order valence-electron chi connectivity index (χ4n) is 2.36. The lowest BCUT2D eigenvalue weighted by atomic mass is 10.1. The minimum absolute atomic E-state index is 0.216. The van der Waals surface area contributed by atoms with Gasteiger partial charge in [0.15, 0.2) is 5.78 Å². The van der Waals surface area contributed by atoms with Crippen LogP contribution < -0.4 is 0 Å². The lowest BCUT2D eigenvalue weighted by Crippen LogP contribution is -2.41. The second-order valence-electron chi connectivity index (χ2n) is 5.42. The highest BCUT2D eigenvalue weighted by atomic mass is 79.9. The molecular formula is C16H25BrN2O. The number of hydrogen-bond donors (Lipinski definition) is 0. The third kappa shape index (κ3) is 5.73. The Kier molecular flexibility index (Phi) is 7.41. The fraction of sp³-hybridized carbons (Fsp3) is 0.562. The lowest BCUT2D eigenvalue weighted by Gasteiger charge is -2.29. The number of benzene rings is 1. The molecule has 112 valence electrons. The van der Waals surface area contributed by atoms with Crippen molar-refractivity contribution in [2.45, 2.75) is 26.3 Å². The topological polar surface area (TPSA) is 23.6 Å². The summed E-state index contributed by atoms with van der Waals surface area (Å²) in [7, 11) is 4.16. The van der Waals surface area contributed by atoms with Crippen molar-refractivity contribution in [1.82, 2.24) is 9.80 Å². The Bertz CT molecular complexity index is 417. The summed E-state index contributed by atoms with van der Waals surface area (Å²) >= 11 is 3.39. The molecule has 0 aromatic heterocycles. The maximum absolute atomic E-state index is 12.2. The normalized spacial score (nSPS) is 12.9. The van der Waals surface area contributed by atoms with Crippen LogP contribution in [-0.4, -0.2) is 55.4 Å². The number of ketones is 1. The average molecular weight is 341 g/mol. The molecule has 1 aromatic rings. The van der Waals surface area contributed by atoms with Crippen molar-refractivity contribution in [2.24, 2.45) is 0 Å². The lowest BCUT2D eigenvalue weighted by molar-refractivity contribution is 0.0949. The van der Waals surface area contributed by atoms with Gasteiger partial charge in [-0.25, -0.2) is 0 Å². The van der Waals surface area contributed by atoms with E-state index in [1.807, 2.05) is 24.3 Å². The van der Waals surface area contributed by atoms with Crippen LogP contribution >= 0.6 is 15.9 Å². The molecule has 0 heterocycles. The first-order valence-electron chi connectivity index (χ1n) is 7.11. The van der Waals surface area contributed by atoms with Crippen LogP contribution in [0.4, 0.5) is 0 Å². The Morgan fingerprint density at radius 1 is 1.25 bits per heavy atom. The molecular weight excluding hydrogens is 316 g/mol. The molecule has 4 heteroatoms. The van der Waals surface area contributed by atoms with Crippen LogP contribution in [0.5, 0.6) is 0 Å². The summed E-state index contributed by atoms with van der Waals surface area (Å²) in [5.41, 5.74) is 0.796. The second-order valence-corrected chi connectivity index (χ2v) is 6.34. The molecule has 0 bridgehead atoms. The number of hydrogen-bond acceptors (Lipinski definition) is 3. The molecule has 0 amide bonds. The van der Waals surface area contributed by atoms with Crippen LogP contribution in [-0.2, 0) is 0 Å². The van der Waals surface area contributed by atoms with Gasteiger partial charge in [0.05, 0.1) is 0 Å². The SMILES string of the molecule is CCN(CCC(=O)c1ccc(Br)cc1)C(C)CN(C)C. The van der Waals surface area contributed by atoms with Gasteiger partial charge in [0.25, 0.3) is 0 Å². The van der Waals surface area contributed by atoms with Gasteiger partial charge in [0.1, 0.15) is 0 Å². The predicted octanol–water partition coefficient (Wildman–Crippen LogP) is 3.29. The first-order chi connectivity index (χ1) is 9.43. The molecule has 1 unspecified atom stereocenters. The number of halogens is 1. The van der Waals surface area contributed by atoms with Gasteiger partial charge < -0.3 is 4.90 Å². The van der Waals surface area contributed by atoms with Gasteiger partial charge in [-0.3, -0.25) is 9.69 Å². The van der Waals surface area contributed by atoms with Crippen LogP contribution in [0.15, 0.2) is 28.7 Å². The van der Waals surface area contributed by atoms with E-state index < -0.39 is 0 Å². The molecule has 3 nitrogen and oxygen atoms in total. The number of carbonyl (C=O) groups is 1. The van der Waals surface area contributed by atoms with E-state index in [0.717, 1.165) is 29.7 Å². The van der Waals surface area contributed by atoms with Crippen molar-refractivity contribution in [3.63, 3.8) is 0 Å². The van der Waals surface area contributed by atoms with Crippen LogP contribution in [0.1, 0.15) is 30.6 Å². The summed E-state index contributed by atoms with van der Waals surface area (Å²) in [6.07, 6.45) is 0.577. The van der Waals surface area contributed by atoms with Gasteiger partial charge in [-0.15, -0.1) is 0 Å². The van der Waals surface area contributed by atoms with E-state index >= 15 is 0 Å². The van der Waals surface area contributed by atoms with E-state index in [4.69, 9.17) is 0 Å². The fourth-order valence-corrected chi connectivity index (χ4v) is 2.62. The predicted molar refractivity (Wildman–Crippen MR) is 88.4 cm³/mol. The quantitative estimate of drug-likeness (QED) is 0.678. The maximum Gasteiger partial charge on any atom is 0.164 e. The van der Waals surface area contributed by atoms with Gasteiger partial charge in [-0.05, 0) is 39.7 Å². The third-order valence-electron chi connectivity index (χ3n) is 3.45. The van der Waals surface area contributed by atoms with Crippen molar-refractivity contribution < 1.29 is 4.79 Å². The molecule has 0 fully saturated rings. The molecule has 1 rings (SSSR count). The summed E-state index contributed by atoms with van der Waals surface area (Å²) in [4.78, 5) is 16.7. The highest BCUT2D eigenvalue weighted by molar-refractivity contribution is 9.10. The summed E-state index contributed by atoms with van der Waals surface area (Å²) in [5, 5.41) is 0. The highest BCUT2D eigenvalue weighted by Gasteiger charge is 2.14. The average Bonchev–Trinajstić information content (AvgIpc) is 2.39. The molecule has 0 N–H and O–H groups in total. The Morgan fingerprint density at radius 2 is 1.85 bits per heavy atom. The maximum atomic E-state index is 12.2. The summed E-state index contributed by atoms with van der Waals surface area (Å²) in [6.45, 7) is 7.17. The molecule has 1 atom stereocenters. The molecule has 0 saturated heterocycles. The molecule has 0 aliphatic carbocycles. The Balaban J connectivity index is 2.51. The van der Waals surface area contributed by atoms with Gasteiger partial charge >= 0.3 is 0 Å². The van der Waals surface area contributed by atoms with E-state index in [-0.39, 0.29) is 5.78 Å². The van der Waals surface area contributed by atoms with Crippen LogP contribution in [0.3, 0.4) is 0 Å². The number of likely N-dealkylation sites (N-methyl/N-ethyl adjacent to an activating group) is 2. The zero-order valence-corrected chi connectivity index (χ0v) is 14.5. The van der Waals surface area contributed by atoms with E-state index in [1.54, 1.807) is 0 Å². The summed E-state index contributed by atoms with van der Waals surface area (Å²) < 4.78 is 1.00. The van der Waals surface area contributed by atoms with Gasteiger partial charge in [0, 0.05) is 35.6 Å². The zero-order valence-electron chi connectivity index (χ0n) is 12.9. The summed E-state index contributed by atoms with van der Waals surface area (Å²) in [5.74, 6) is 0.216. The molecule has 0 aliphatic rings. The smallest absolute Gasteiger partial charge is 0.164 e. The molecule has 0 saturated carbocycles. The highest BCUT2D eigenvalue weighted by Crippen LogP contribution is 2.12. The molecule has 20 heavy (non-hydrogen) atoms. The number of Topliss-reactive ketones (excluding diaryl/α,β-unsaturated/α-hetero) is 1. The number of nitrogens with zero attached hydrogens (tertiary/aromatic N) is 2. The first-order valence-corrected chi connectivity index (χ1v) is 7.91. The van der Waals surface area contributed by atoms with E-state index in [2.05, 4.69) is 53.7 Å². The Hall–Kier alpha value is -0.710. The molecule has 1 aromatic carbocycles. The van der Waals surface area contributed by atoms with E-state index in [1.165, 1.54) is 0 Å². The van der Waals surface area contributed by atoms with E-state index in [9.17, 15) is 4.79 Å². The van der Waals surface area contributed by atoms with Crippen molar-refractivity contribution in [3.8, 4) is 0 Å². The van der Waals surface area contributed by atoms with Crippen LogP contribution in [0.25, 0.3) is 0 Å². The number of rotatable bonds is 8.